The lowest BCUT2D eigenvalue weighted by Crippen LogP contribution is -2.37. The maximum absolute atomic E-state index is 5.65. The van der Waals surface area contributed by atoms with Crippen LogP contribution in [0.2, 0.25) is 0 Å². The Kier molecular flexibility index (Phi) is 5.72. The quantitative estimate of drug-likeness (QED) is 0.856. The largest absolute Gasteiger partial charge is 0.491 e. The van der Waals surface area contributed by atoms with E-state index in [4.69, 9.17) is 4.74 Å². The molecule has 0 aliphatic carbocycles. The molecule has 1 atom stereocenters. The van der Waals surface area contributed by atoms with Gasteiger partial charge in [0.05, 0.1) is 6.10 Å². The summed E-state index contributed by atoms with van der Waals surface area (Å²) < 4.78 is 5.65. The van der Waals surface area contributed by atoms with Crippen LogP contribution in [0.4, 0.5) is 5.69 Å². The number of nitrogens with zero attached hydrogens (tertiary/aromatic N) is 1. The zero-order chi connectivity index (χ0) is 14.4. The number of piperidine rings is 1. The highest BCUT2D eigenvalue weighted by Gasteiger charge is 2.17. The fraction of sp³-hybridized carbons (Fsp3) is 0.647. The van der Waals surface area contributed by atoms with E-state index in [1.54, 1.807) is 0 Å². The van der Waals surface area contributed by atoms with Gasteiger partial charge in [-0.2, -0.15) is 0 Å². The first-order valence-electron chi connectivity index (χ1n) is 7.86. The molecule has 1 aromatic carbocycles. The van der Waals surface area contributed by atoms with Gasteiger partial charge in [-0.1, -0.05) is 6.42 Å². The summed E-state index contributed by atoms with van der Waals surface area (Å²) in [5.74, 6) is 0.942. The summed E-state index contributed by atoms with van der Waals surface area (Å²) in [6.07, 6.45) is 5.55. The van der Waals surface area contributed by atoms with E-state index in [0.29, 0.717) is 0 Å². The average Bonchev–Trinajstić information content (AvgIpc) is 2.42. The maximum atomic E-state index is 5.65. The molecule has 1 fully saturated rings. The van der Waals surface area contributed by atoms with Crippen molar-refractivity contribution in [1.29, 1.82) is 0 Å². The summed E-state index contributed by atoms with van der Waals surface area (Å²) in [5, 5.41) is 3.51. The third-order valence-electron chi connectivity index (χ3n) is 3.95. The monoisotopic (exact) mass is 276 g/mol. The van der Waals surface area contributed by atoms with E-state index in [9.17, 15) is 0 Å². The first-order chi connectivity index (χ1) is 9.65. The fourth-order valence-corrected chi connectivity index (χ4v) is 2.82. The molecule has 1 aliphatic rings. The first kappa shape index (κ1) is 15.2. The van der Waals surface area contributed by atoms with Crippen molar-refractivity contribution in [3.8, 4) is 5.75 Å². The van der Waals surface area contributed by atoms with Gasteiger partial charge in [0.15, 0.2) is 0 Å². The summed E-state index contributed by atoms with van der Waals surface area (Å²) in [6, 6.07) is 9.02. The molecule has 3 heteroatoms. The van der Waals surface area contributed by atoms with Gasteiger partial charge < -0.3 is 15.0 Å². The molecule has 0 saturated carbocycles. The molecule has 2 rings (SSSR count). The molecule has 1 heterocycles. The lowest BCUT2D eigenvalue weighted by Gasteiger charge is -2.32. The average molecular weight is 276 g/mol. The van der Waals surface area contributed by atoms with E-state index in [0.717, 1.165) is 18.3 Å². The molecule has 0 bridgehead atoms. The third-order valence-corrected chi connectivity index (χ3v) is 3.95. The molecule has 1 unspecified atom stereocenters. The number of benzene rings is 1. The molecule has 112 valence electrons. The van der Waals surface area contributed by atoms with Gasteiger partial charge in [0, 0.05) is 18.3 Å². The molecule has 0 spiro atoms. The summed E-state index contributed by atoms with van der Waals surface area (Å²) in [6.45, 7) is 6.39. The van der Waals surface area contributed by atoms with Gasteiger partial charge in [-0.25, -0.2) is 0 Å². The molecular formula is C17H28N2O. The zero-order valence-corrected chi connectivity index (χ0v) is 13.1. The van der Waals surface area contributed by atoms with Gasteiger partial charge >= 0.3 is 0 Å². The Hall–Kier alpha value is -1.22. The van der Waals surface area contributed by atoms with Gasteiger partial charge in [-0.05, 0) is 71.0 Å². The Balaban J connectivity index is 1.73. The molecule has 1 saturated heterocycles. The van der Waals surface area contributed by atoms with Crippen LogP contribution in [0.5, 0.6) is 5.75 Å². The van der Waals surface area contributed by atoms with Gasteiger partial charge in [0.25, 0.3) is 0 Å². The molecule has 0 aromatic heterocycles. The van der Waals surface area contributed by atoms with Crippen LogP contribution in [0.15, 0.2) is 24.3 Å². The van der Waals surface area contributed by atoms with Crippen LogP contribution in [0.1, 0.15) is 39.5 Å². The van der Waals surface area contributed by atoms with Crippen LogP contribution in [0.25, 0.3) is 0 Å². The highest BCUT2D eigenvalue weighted by molar-refractivity contribution is 5.46. The fourth-order valence-electron chi connectivity index (χ4n) is 2.82. The second-order valence-electron chi connectivity index (χ2n) is 6.04. The van der Waals surface area contributed by atoms with Crippen LogP contribution in [0, 0.1) is 0 Å². The van der Waals surface area contributed by atoms with Crippen LogP contribution >= 0.6 is 0 Å². The molecule has 0 amide bonds. The predicted molar refractivity (Wildman–Crippen MR) is 85.6 cm³/mol. The van der Waals surface area contributed by atoms with E-state index in [1.165, 1.54) is 37.9 Å². The first-order valence-corrected chi connectivity index (χ1v) is 7.86. The van der Waals surface area contributed by atoms with Crippen molar-refractivity contribution in [1.82, 2.24) is 4.90 Å². The van der Waals surface area contributed by atoms with Crippen molar-refractivity contribution in [2.75, 3.05) is 25.5 Å². The molecule has 3 nitrogen and oxygen atoms in total. The van der Waals surface area contributed by atoms with Crippen LogP contribution < -0.4 is 10.1 Å². The summed E-state index contributed by atoms with van der Waals surface area (Å²) in [5.41, 5.74) is 1.18. The Labute approximate surface area is 123 Å². The van der Waals surface area contributed by atoms with Crippen molar-refractivity contribution in [3.05, 3.63) is 24.3 Å². The van der Waals surface area contributed by atoms with Gasteiger partial charge in [-0.15, -0.1) is 0 Å². The smallest absolute Gasteiger partial charge is 0.119 e. The van der Waals surface area contributed by atoms with E-state index in [-0.39, 0.29) is 6.10 Å². The zero-order valence-electron chi connectivity index (χ0n) is 13.1. The minimum absolute atomic E-state index is 0.232. The van der Waals surface area contributed by atoms with E-state index >= 15 is 0 Å². The van der Waals surface area contributed by atoms with Crippen molar-refractivity contribution < 1.29 is 4.74 Å². The number of hydrogen-bond donors (Lipinski definition) is 1. The molecule has 1 aromatic rings. The van der Waals surface area contributed by atoms with Crippen molar-refractivity contribution in [2.24, 2.45) is 0 Å². The van der Waals surface area contributed by atoms with Crippen LogP contribution in [0.3, 0.4) is 0 Å². The minimum Gasteiger partial charge on any atom is -0.491 e. The van der Waals surface area contributed by atoms with Gasteiger partial charge in [0.2, 0.25) is 0 Å². The Morgan fingerprint density at radius 1 is 1.25 bits per heavy atom. The van der Waals surface area contributed by atoms with Crippen molar-refractivity contribution in [2.45, 2.75) is 51.7 Å². The molecule has 20 heavy (non-hydrogen) atoms. The lowest BCUT2D eigenvalue weighted by atomic mass is 10.0. The molecular weight excluding hydrogens is 248 g/mol. The third kappa shape index (κ3) is 4.71. The lowest BCUT2D eigenvalue weighted by molar-refractivity contribution is 0.179. The highest BCUT2D eigenvalue weighted by Crippen LogP contribution is 2.19. The van der Waals surface area contributed by atoms with Crippen LogP contribution in [-0.4, -0.2) is 37.2 Å². The summed E-state index contributed by atoms with van der Waals surface area (Å²) in [4.78, 5) is 2.50. The number of likely N-dealkylation sites (tertiary alicyclic amines) is 1. The Morgan fingerprint density at radius 2 is 2.00 bits per heavy atom. The Bertz CT molecular complexity index is 388. The summed E-state index contributed by atoms with van der Waals surface area (Å²) >= 11 is 0. The molecule has 0 radical (unpaired) electrons. The number of anilines is 1. The van der Waals surface area contributed by atoms with E-state index < -0.39 is 0 Å². The second kappa shape index (κ2) is 7.53. The normalized spacial score (nSPS) is 20.1. The van der Waals surface area contributed by atoms with Gasteiger partial charge in [0.1, 0.15) is 5.75 Å². The number of rotatable bonds is 6. The second-order valence-corrected chi connectivity index (χ2v) is 6.04. The number of nitrogens with one attached hydrogen (secondary N) is 1. The maximum Gasteiger partial charge on any atom is 0.119 e. The van der Waals surface area contributed by atoms with Crippen molar-refractivity contribution in [3.63, 3.8) is 0 Å². The SMILES string of the molecule is CC(C)Oc1ccc(NCCC2CCCCN2C)cc1. The topological polar surface area (TPSA) is 24.5 Å². The summed E-state index contributed by atoms with van der Waals surface area (Å²) in [7, 11) is 2.25. The predicted octanol–water partition coefficient (Wildman–Crippen LogP) is 3.76. The number of ether oxygens (including phenoxy) is 1. The van der Waals surface area contributed by atoms with Gasteiger partial charge in [-0.3, -0.25) is 0 Å². The standard InChI is InChI=1S/C17H28N2O/c1-14(2)20-17-9-7-15(8-10-17)18-12-11-16-6-4-5-13-19(16)3/h7-10,14,16,18H,4-6,11-13H2,1-3H3. The Morgan fingerprint density at radius 3 is 2.65 bits per heavy atom. The minimum atomic E-state index is 0.232. The molecule has 1 aliphatic heterocycles. The van der Waals surface area contributed by atoms with Crippen LogP contribution in [-0.2, 0) is 0 Å². The molecule has 1 N–H and O–H groups in total. The van der Waals surface area contributed by atoms with E-state index in [2.05, 4.69) is 29.4 Å². The van der Waals surface area contributed by atoms with Crippen molar-refractivity contribution >= 4 is 5.69 Å². The highest BCUT2D eigenvalue weighted by atomic mass is 16.5. The number of hydrogen-bond acceptors (Lipinski definition) is 3. The van der Waals surface area contributed by atoms with E-state index in [1.807, 2.05) is 26.0 Å².